The summed E-state index contributed by atoms with van der Waals surface area (Å²) in [6.07, 6.45) is 4.82. The molecule has 3 rings (SSSR count). The van der Waals surface area contributed by atoms with Gasteiger partial charge in [-0.2, -0.15) is 0 Å². The maximum atomic E-state index is 10.8. The van der Waals surface area contributed by atoms with Crippen LogP contribution < -0.4 is 16.0 Å². The van der Waals surface area contributed by atoms with E-state index in [1.54, 1.807) is 6.07 Å². The highest BCUT2D eigenvalue weighted by Gasteiger charge is 2.32. The Morgan fingerprint density at radius 1 is 1.40 bits per heavy atom. The van der Waals surface area contributed by atoms with Crippen molar-refractivity contribution in [2.45, 2.75) is 37.8 Å². The average molecular weight is 276 g/mol. The number of nitrogens with two attached hydrogens (primary N) is 1. The summed E-state index contributed by atoms with van der Waals surface area (Å²) in [5, 5.41) is 14.3. The van der Waals surface area contributed by atoms with Crippen LogP contribution in [-0.4, -0.2) is 30.1 Å². The highest BCUT2D eigenvalue weighted by Crippen LogP contribution is 2.35. The largest absolute Gasteiger partial charge is 0.393 e. The molecule has 0 radical (unpaired) electrons. The molecule has 2 aliphatic rings. The van der Waals surface area contributed by atoms with Gasteiger partial charge in [-0.15, -0.1) is 0 Å². The van der Waals surface area contributed by atoms with Gasteiger partial charge in [-0.05, 0) is 44.4 Å². The Morgan fingerprint density at radius 2 is 2.20 bits per heavy atom. The van der Waals surface area contributed by atoms with Crippen molar-refractivity contribution in [2.24, 2.45) is 0 Å². The number of nitro groups is 1. The van der Waals surface area contributed by atoms with Crippen molar-refractivity contribution in [3.8, 4) is 0 Å². The molecule has 1 aromatic carbocycles. The SMILES string of the molecule is Nc1cc(N(CC2CCCN2)C2CC2)ccc1[N+](=O)[O-]. The van der Waals surface area contributed by atoms with Crippen LogP contribution in [0.15, 0.2) is 18.2 Å². The molecule has 1 unspecified atom stereocenters. The number of hydrogen-bond acceptors (Lipinski definition) is 5. The van der Waals surface area contributed by atoms with Crippen LogP contribution in [0.1, 0.15) is 25.7 Å². The van der Waals surface area contributed by atoms with Gasteiger partial charge in [-0.1, -0.05) is 0 Å². The summed E-state index contributed by atoms with van der Waals surface area (Å²) in [5.41, 5.74) is 7.05. The first-order chi connectivity index (χ1) is 9.65. The molecule has 1 atom stereocenters. The second kappa shape index (κ2) is 5.28. The van der Waals surface area contributed by atoms with Crippen LogP contribution in [0.5, 0.6) is 0 Å². The molecule has 6 nitrogen and oxygen atoms in total. The third-order valence-electron chi connectivity index (χ3n) is 4.11. The summed E-state index contributed by atoms with van der Waals surface area (Å²) >= 11 is 0. The Bertz CT molecular complexity index is 510. The summed E-state index contributed by atoms with van der Waals surface area (Å²) in [7, 11) is 0. The zero-order valence-electron chi connectivity index (χ0n) is 11.4. The van der Waals surface area contributed by atoms with E-state index in [9.17, 15) is 10.1 Å². The van der Waals surface area contributed by atoms with Crippen LogP contribution in [0.25, 0.3) is 0 Å². The van der Waals surface area contributed by atoms with Crippen LogP contribution in [0.3, 0.4) is 0 Å². The van der Waals surface area contributed by atoms with Crippen molar-refractivity contribution in [1.82, 2.24) is 5.32 Å². The zero-order chi connectivity index (χ0) is 14.1. The predicted molar refractivity (Wildman–Crippen MR) is 78.9 cm³/mol. The minimum absolute atomic E-state index is 0.0107. The van der Waals surface area contributed by atoms with Gasteiger partial charge in [0.15, 0.2) is 0 Å². The third kappa shape index (κ3) is 2.70. The van der Waals surface area contributed by atoms with Gasteiger partial charge in [0.2, 0.25) is 0 Å². The van der Waals surface area contributed by atoms with E-state index in [-0.39, 0.29) is 11.4 Å². The quantitative estimate of drug-likeness (QED) is 0.487. The lowest BCUT2D eigenvalue weighted by Gasteiger charge is -2.28. The second-order valence-corrected chi connectivity index (χ2v) is 5.68. The number of nitrogens with one attached hydrogen (secondary N) is 1. The number of hydrogen-bond donors (Lipinski definition) is 2. The van der Waals surface area contributed by atoms with Gasteiger partial charge >= 0.3 is 0 Å². The van der Waals surface area contributed by atoms with E-state index in [4.69, 9.17) is 5.73 Å². The minimum atomic E-state index is -0.431. The average Bonchev–Trinajstić information content (AvgIpc) is 3.12. The molecule has 0 spiro atoms. The summed E-state index contributed by atoms with van der Waals surface area (Å²) in [6, 6.07) is 6.17. The van der Waals surface area contributed by atoms with Crippen molar-refractivity contribution < 1.29 is 4.92 Å². The number of nitrogens with zero attached hydrogens (tertiary/aromatic N) is 2. The summed E-state index contributed by atoms with van der Waals surface area (Å²) < 4.78 is 0. The molecular formula is C14H20N4O2. The van der Waals surface area contributed by atoms with Crippen molar-refractivity contribution in [2.75, 3.05) is 23.7 Å². The smallest absolute Gasteiger partial charge is 0.292 e. The van der Waals surface area contributed by atoms with Gasteiger partial charge in [-0.3, -0.25) is 10.1 Å². The predicted octanol–water partition coefficient (Wildman–Crippen LogP) is 1.90. The minimum Gasteiger partial charge on any atom is -0.393 e. The molecule has 0 amide bonds. The Hall–Kier alpha value is -1.82. The van der Waals surface area contributed by atoms with Gasteiger partial charge in [0.1, 0.15) is 5.69 Å². The van der Waals surface area contributed by atoms with Crippen LogP contribution in [-0.2, 0) is 0 Å². The number of rotatable bonds is 5. The lowest BCUT2D eigenvalue weighted by Crippen LogP contribution is -2.39. The molecule has 1 heterocycles. The molecule has 1 saturated heterocycles. The number of benzene rings is 1. The van der Waals surface area contributed by atoms with Gasteiger partial charge in [0.05, 0.1) is 4.92 Å². The maximum Gasteiger partial charge on any atom is 0.292 e. The molecule has 1 aliphatic heterocycles. The van der Waals surface area contributed by atoms with E-state index in [0.29, 0.717) is 12.1 Å². The van der Waals surface area contributed by atoms with Crippen LogP contribution in [0, 0.1) is 10.1 Å². The summed E-state index contributed by atoms with van der Waals surface area (Å²) in [6.45, 7) is 2.05. The molecule has 20 heavy (non-hydrogen) atoms. The number of nitrogen functional groups attached to an aromatic ring is 1. The van der Waals surface area contributed by atoms with Crippen LogP contribution in [0.2, 0.25) is 0 Å². The Labute approximate surface area is 118 Å². The van der Waals surface area contributed by atoms with E-state index in [1.165, 1.54) is 31.7 Å². The first kappa shape index (κ1) is 13.2. The fourth-order valence-electron chi connectivity index (χ4n) is 2.89. The van der Waals surface area contributed by atoms with E-state index >= 15 is 0 Å². The van der Waals surface area contributed by atoms with E-state index < -0.39 is 4.92 Å². The third-order valence-corrected chi connectivity index (χ3v) is 4.11. The fourth-order valence-corrected chi connectivity index (χ4v) is 2.89. The van der Waals surface area contributed by atoms with E-state index in [0.717, 1.165) is 18.8 Å². The molecule has 0 aromatic heterocycles. The molecular weight excluding hydrogens is 256 g/mol. The van der Waals surface area contributed by atoms with Gasteiger partial charge < -0.3 is 16.0 Å². The second-order valence-electron chi connectivity index (χ2n) is 5.68. The molecule has 1 saturated carbocycles. The number of nitro benzene ring substituents is 1. The van der Waals surface area contributed by atoms with Gasteiger partial charge in [-0.25, -0.2) is 0 Å². The molecule has 1 aromatic rings. The Morgan fingerprint density at radius 3 is 2.75 bits per heavy atom. The Kier molecular flexibility index (Phi) is 3.48. The summed E-state index contributed by atoms with van der Waals surface area (Å²) in [5.74, 6) is 0. The standard InChI is InChI=1S/C14H20N4O2/c15-13-8-12(5-6-14(13)18(19)20)17(11-3-4-11)9-10-2-1-7-16-10/h5-6,8,10-11,16H,1-4,7,9,15H2. The molecule has 0 bridgehead atoms. The Balaban J connectivity index is 1.80. The van der Waals surface area contributed by atoms with Gasteiger partial charge in [0.25, 0.3) is 5.69 Å². The van der Waals surface area contributed by atoms with Crippen LogP contribution >= 0.6 is 0 Å². The van der Waals surface area contributed by atoms with Crippen molar-refractivity contribution in [3.63, 3.8) is 0 Å². The van der Waals surface area contributed by atoms with Crippen molar-refractivity contribution in [1.29, 1.82) is 0 Å². The molecule has 3 N–H and O–H groups in total. The van der Waals surface area contributed by atoms with E-state index in [1.807, 2.05) is 6.07 Å². The topological polar surface area (TPSA) is 84.4 Å². The lowest BCUT2D eigenvalue weighted by molar-refractivity contribution is -0.383. The van der Waals surface area contributed by atoms with Crippen LogP contribution in [0.4, 0.5) is 17.1 Å². The first-order valence-corrected chi connectivity index (χ1v) is 7.19. The number of anilines is 2. The lowest BCUT2D eigenvalue weighted by atomic mass is 10.1. The highest BCUT2D eigenvalue weighted by atomic mass is 16.6. The molecule has 1 aliphatic carbocycles. The maximum absolute atomic E-state index is 10.8. The van der Waals surface area contributed by atoms with Crippen molar-refractivity contribution in [3.05, 3.63) is 28.3 Å². The monoisotopic (exact) mass is 276 g/mol. The fraction of sp³-hybridized carbons (Fsp3) is 0.571. The summed E-state index contributed by atoms with van der Waals surface area (Å²) in [4.78, 5) is 12.7. The zero-order valence-corrected chi connectivity index (χ0v) is 11.4. The highest BCUT2D eigenvalue weighted by molar-refractivity contribution is 5.67. The normalized spacial score (nSPS) is 21.9. The molecule has 108 valence electrons. The first-order valence-electron chi connectivity index (χ1n) is 7.19. The molecule has 2 fully saturated rings. The molecule has 6 heteroatoms. The van der Waals surface area contributed by atoms with Crippen molar-refractivity contribution >= 4 is 17.1 Å². The van der Waals surface area contributed by atoms with E-state index in [2.05, 4.69) is 10.2 Å². The van der Waals surface area contributed by atoms with Gasteiger partial charge in [0, 0.05) is 30.4 Å².